The molecule has 0 bridgehead atoms. The van der Waals surface area contributed by atoms with Gasteiger partial charge in [-0.15, -0.1) is 0 Å². The second kappa shape index (κ2) is 9.87. The minimum atomic E-state index is -0.203. The van der Waals surface area contributed by atoms with Gasteiger partial charge in [-0.25, -0.2) is 4.39 Å². The summed E-state index contributed by atoms with van der Waals surface area (Å²) in [5.41, 5.74) is 7.31. The molecule has 0 saturated carbocycles. The molecule has 0 atom stereocenters. The molecule has 0 radical (unpaired) electrons. The number of nitrogens with zero attached hydrogens (tertiary/aromatic N) is 2. The van der Waals surface area contributed by atoms with Crippen molar-refractivity contribution in [1.82, 2.24) is 9.80 Å². The van der Waals surface area contributed by atoms with E-state index in [4.69, 9.17) is 5.73 Å². The first-order valence-corrected chi connectivity index (χ1v) is 8.06. The Balaban J connectivity index is 2.50. The van der Waals surface area contributed by atoms with Crippen LogP contribution in [0.2, 0.25) is 0 Å². The lowest BCUT2D eigenvalue weighted by Crippen LogP contribution is -2.29. The highest BCUT2D eigenvalue weighted by atomic mass is 19.1. The molecule has 3 nitrogen and oxygen atoms in total. The van der Waals surface area contributed by atoms with E-state index < -0.39 is 0 Å². The molecule has 0 heterocycles. The van der Waals surface area contributed by atoms with Crippen LogP contribution in [-0.2, 0) is 13.1 Å². The molecule has 21 heavy (non-hydrogen) atoms. The molecular formula is C17H30FN3. The molecule has 0 aliphatic rings. The van der Waals surface area contributed by atoms with Crippen molar-refractivity contribution in [2.45, 2.75) is 40.3 Å². The molecule has 120 valence electrons. The third kappa shape index (κ3) is 6.12. The van der Waals surface area contributed by atoms with Crippen LogP contribution in [0.5, 0.6) is 0 Å². The highest BCUT2D eigenvalue weighted by Crippen LogP contribution is 2.12. The van der Waals surface area contributed by atoms with Crippen molar-refractivity contribution in [2.24, 2.45) is 5.73 Å². The third-order valence-electron chi connectivity index (χ3n) is 4.03. The second-order valence-electron chi connectivity index (χ2n) is 5.38. The van der Waals surface area contributed by atoms with Crippen LogP contribution in [-0.4, -0.2) is 42.5 Å². The molecule has 0 saturated heterocycles. The quantitative estimate of drug-likeness (QED) is 0.720. The Morgan fingerprint density at radius 2 is 1.62 bits per heavy atom. The number of benzene rings is 1. The summed E-state index contributed by atoms with van der Waals surface area (Å²) in [6, 6.07) is 5.28. The topological polar surface area (TPSA) is 32.5 Å². The fourth-order valence-electron chi connectivity index (χ4n) is 2.55. The smallest absolute Gasteiger partial charge is 0.127 e. The summed E-state index contributed by atoms with van der Waals surface area (Å²) in [7, 11) is 0. The van der Waals surface area contributed by atoms with Gasteiger partial charge in [0.25, 0.3) is 0 Å². The van der Waals surface area contributed by atoms with Crippen LogP contribution in [0.25, 0.3) is 0 Å². The summed E-state index contributed by atoms with van der Waals surface area (Å²) < 4.78 is 13.5. The summed E-state index contributed by atoms with van der Waals surface area (Å²) in [5.74, 6) is -0.203. The Bertz CT molecular complexity index is 405. The zero-order chi connectivity index (χ0) is 15.7. The van der Waals surface area contributed by atoms with Crippen molar-refractivity contribution in [2.75, 3.05) is 32.7 Å². The fourth-order valence-corrected chi connectivity index (χ4v) is 2.55. The summed E-state index contributed by atoms with van der Waals surface area (Å²) >= 11 is 0. The van der Waals surface area contributed by atoms with Gasteiger partial charge < -0.3 is 10.6 Å². The number of nitrogens with two attached hydrogens (primary N) is 1. The van der Waals surface area contributed by atoms with Crippen molar-refractivity contribution < 1.29 is 4.39 Å². The van der Waals surface area contributed by atoms with E-state index in [1.807, 2.05) is 12.1 Å². The van der Waals surface area contributed by atoms with Crippen LogP contribution in [0.1, 0.15) is 38.3 Å². The molecule has 0 unspecified atom stereocenters. The summed E-state index contributed by atoms with van der Waals surface area (Å²) in [5, 5.41) is 0. The van der Waals surface area contributed by atoms with E-state index in [0.717, 1.165) is 44.8 Å². The zero-order valence-electron chi connectivity index (χ0n) is 13.7. The first kappa shape index (κ1) is 18.1. The lowest BCUT2D eigenvalue weighted by Gasteiger charge is -2.23. The summed E-state index contributed by atoms with van der Waals surface area (Å²) in [6.45, 7) is 13.1. The number of halogens is 1. The Hall–Kier alpha value is -0.970. The van der Waals surface area contributed by atoms with Gasteiger partial charge in [0.15, 0.2) is 0 Å². The average molecular weight is 295 g/mol. The first-order chi connectivity index (χ1) is 10.1. The molecule has 1 rings (SSSR count). The average Bonchev–Trinajstić information content (AvgIpc) is 2.52. The van der Waals surface area contributed by atoms with Crippen LogP contribution in [0, 0.1) is 5.82 Å². The van der Waals surface area contributed by atoms with Crippen molar-refractivity contribution in [3.63, 3.8) is 0 Å². The predicted octanol–water partition coefficient (Wildman–Crippen LogP) is 2.84. The molecule has 0 aliphatic heterocycles. The van der Waals surface area contributed by atoms with Gasteiger partial charge in [0.05, 0.1) is 0 Å². The van der Waals surface area contributed by atoms with Crippen LogP contribution >= 0.6 is 0 Å². The van der Waals surface area contributed by atoms with Gasteiger partial charge in [0, 0.05) is 18.7 Å². The monoisotopic (exact) mass is 295 g/mol. The van der Waals surface area contributed by atoms with Crippen molar-refractivity contribution in [3.05, 3.63) is 35.1 Å². The van der Waals surface area contributed by atoms with E-state index >= 15 is 0 Å². The number of hydrogen-bond donors (Lipinski definition) is 1. The van der Waals surface area contributed by atoms with Gasteiger partial charge in [-0.2, -0.15) is 0 Å². The Labute approximate surface area is 128 Å². The molecule has 0 amide bonds. The van der Waals surface area contributed by atoms with Gasteiger partial charge in [-0.1, -0.05) is 32.9 Å². The molecule has 0 spiro atoms. The normalized spacial score (nSPS) is 11.6. The van der Waals surface area contributed by atoms with E-state index in [9.17, 15) is 4.39 Å². The molecule has 0 aromatic heterocycles. The van der Waals surface area contributed by atoms with Crippen LogP contribution in [0.15, 0.2) is 18.2 Å². The van der Waals surface area contributed by atoms with Crippen LogP contribution in [0.3, 0.4) is 0 Å². The zero-order valence-corrected chi connectivity index (χ0v) is 13.7. The van der Waals surface area contributed by atoms with Crippen molar-refractivity contribution in [3.8, 4) is 0 Å². The largest absolute Gasteiger partial charge is 0.326 e. The standard InChI is InChI=1S/C17H30FN3/c1-4-20(5-2)10-7-11-21(6-3)14-15-8-9-17(18)16(12-15)13-19/h8-9,12H,4-7,10-11,13-14,19H2,1-3H3. The molecule has 0 aliphatic carbocycles. The van der Waals surface area contributed by atoms with E-state index in [1.165, 1.54) is 12.5 Å². The van der Waals surface area contributed by atoms with Gasteiger partial charge >= 0.3 is 0 Å². The van der Waals surface area contributed by atoms with E-state index in [0.29, 0.717) is 5.56 Å². The maximum Gasteiger partial charge on any atom is 0.127 e. The third-order valence-corrected chi connectivity index (χ3v) is 4.03. The highest BCUT2D eigenvalue weighted by molar-refractivity contribution is 5.25. The van der Waals surface area contributed by atoms with E-state index in [1.54, 1.807) is 0 Å². The summed E-state index contributed by atoms with van der Waals surface area (Å²) in [6.07, 6.45) is 1.17. The highest BCUT2D eigenvalue weighted by Gasteiger charge is 2.07. The molecule has 1 aromatic carbocycles. The fraction of sp³-hybridized carbons (Fsp3) is 0.647. The SMILES string of the molecule is CCN(CC)CCCN(CC)Cc1ccc(F)c(CN)c1. The molecule has 0 fully saturated rings. The van der Waals surface area contributed by atoms with Crippen LogP contribution in [0.4, 0.5) is 4.39 Å². The van der Waals surface area contributed by atoms with Gasteiger partial charge in [-0.05, 0) is 50.8 Å². The maximum absolute atomic E-state index is 13.5. The Morgan fingerprint density at radius 1 is 1.00 bits per heavy atom. The first-order valence-electron chi connectivity index (χ1n) is 8.06. The lowest BCUT2D eigenvalue weighted by atomic mass is 10.1. The number of hydrogen-bond acceptors (Lipinski definition) is 3. The molecule has 1 aromatic rings. The number of rotatable bonds is 10. The van der Waals surface area contributed by atoms with Crippen LogP contribution < -0.4 is 5.73 Å². The van der Waals surface area contributed by atoms with E-state index in [-0.39, 0.29) is 12.4 Å². The Kier molecular flexibility index (Phi) is 8.50. The molecule has 2 N–H and O–H groups in total. The predicted molar refractivity (Wildman–Crippen MR) is 87.6 cm³/mol. The minimum absolute atomic E-state index is 0.203. The lowest BCUT2D eigenvalue weighted by molar-refractivity contribution is 0.238. The molecule has 4 heteroatoms. The second-order valence-corrected chi connectivity index (χ2v) is 5.38. The van der Waals surface area contributed by atoms with Gasteiger partial charge in [0.1, 0.15) is 5.82 Å². The van der Waals surface area contributed by atoms with Gasteiger partial charge in [0.2, 0.25) is 0 Å². The Morgan fingerprint density at radius 3 is 2.19 bits per heavy atom. The minimum Gasteiger partial charge on any atom is -0.326 e. The van der Waals surface area contributed by atoms with Crippen molar-refractivity contribution in [1.29, 1.82) is 0 Å². The van der Waals surface area contributed by atoms with Crippen molar-refractivity contribution >= 4 is 0 Å². The van der Waals surface area contributed by atoms with E-state index in [2.05, 4.69) is 30.6 Å². The van der Waals surface area contributed by atoms with Gasteiger partial charge in [-0.3, -0.25) is 4.90 Å². The summed E-state index contributed by atoms with van der Waals surface area (Å²) in [4.78, 5) is 4.84. The maximum atomic E-state index is 13.5. The molecular weight excluding hydrogens is 265 g/mol.